The first kappa shape index (κ1) is 30.4. The van der Waals surface area contributed by atoms with Gasteiger partial charge in [-0.3, -0.25) is 0 Å². The second kappa shape index (κ2) is 13.8. The average Bonchev–Trinajstić information content (AvgIpc) is 2.97. The molecule has 0 aliphatic carbocycles. The molecule has 3 aromatic carbocycles. The maximum atomic E-state index is 14.4. The molecule has 4 rings (SSSR count). The summed E-state index contributed by atoms with van der Waals surface area (Å²) in [5.41, 5.74) is 6.16. The van der Waals surface area contributed by atoms with Crippen molar-refractivity contribution in [1.82, 2.24) is 10.4 Å². The fourth-order valence-electron chi connectivity index (χ4n) is 4.80. The first-order valence-corrected chi connectivity index (χ1v) is 14.4. The quantitative estimate of drug-likeness (QED) is 0.228. The highest BCUT2D eigenvalue weighted by Gasteiger charge is 2.26. The molecule has 0 spiro atoms. The van der Waals surface area contributed by atoms with Crippen molar-refractivity contribution in [2.45, 2.75) is 71.9 Å². The second-order valence-corrected chi connectivity index (χ2v) is 11.8. The van der Waals surface area contributed by atoms with Crippen LogP contribution in [0.5, 0.6) is 0 Å². The number of nitrogens with one attached hydrogen (secondary N) is 1. The number of halogens is 1. The summed E-state index contributed by atoms with van der Waals surface area (Å²) in [5.74, 6) is 0.917. The molecule has 2 unspecified atom stereocenters. The molecule has 0 radical (unpaired) electrons. The van der Waals surface area contributed by atoms with Gasteiger partial charge < -0.3 is 19.7 Å². The van der Waals surface area contributed by atoms with Crippen LogP contribution in [0.3, 0.4) is 0 Å². The number of rotatable bonds is 12. The largest absolute Gasteiger partial charge is 0.474 e. The molecular weight excluding hydrogens is 513 g/mol. The number of aryl methyl sites for hydroxylation is 1. The van der Waals surface area contributed by atoms with Crippen LogP contribution >= 0.6 is 0 Å². The van der Waals surface area contributed by atoms with Crippen molar-refractivity contribution < 1.29 is 14.0 Å². The fourth-order valence-corrected chi connectivity index (χ4v) is 4.80. The van der Waals surface area contributed by atoms with Gasteiger partial charge in [-0.2, -0.15) is 0 Å². The Labute approximate surface area is 245 Å². The van der Waals surface area contributed by atoms with Crippen LogP contribution in [0, 0.1) is 6.92 Å². The summed E-state index contributed by atoms with van der Waals surface area (Å²) in [4.78, 5) is 2.17. The number of ether oxygens (including phenoxy) is 2. The molecular formula is C35H44FN3O2. The maximum Gasteiger partial charge on any atom is 0.189 e. The molecule has 1 heterocycles. The summed E-state index contributed by atoms with van der Waals surface area (Å²) in [6.07, 6.45) is 4.37. The number of hydrogen-bond donors (Lipinski definition) is 1. The molecule has 2 atom stereocenters. The molecule has 0 fully saturated rings. The topological polar surface area (TPSA) is 37.0 Å². The van der Waals surface area contributed by atoms with E-state index in [-0.39, 0.29) is 5.92 Å². The van der Waals surface area contributed by atoms with Crippen molar-refractivity contribution >= 4 is 5.69 Å². The number of nitrogens with zero attached hydrogens (tertiary/aromatic N) is 2. The van der Waals surface area contributed by atoms with E-state index in [0.29, 0.717) is 25.6 Å². The van der Waals surface area contributed by atoms with Gasteiger partial charge in [0, 0.05) is 24.8 Å². The van der Waals surface area contributed by atoms with E-state index in [2.05, 4.69) is 67.5 Å². The van der Waals surface area contributed by atoms with Crippen LogP contribution in [0.15, 0.2) is 103 Å². The third-order valence-electron chi connectivity index (χ3n) is 7.47. The molecule has 0 aromatic heterocycles. The predicted molar refractivity (Wildman–Crippen MR) is 166 cm³/mol. The van der Waals surface area contributed by atoms with E-state index < -0.39 is 11.8 Å². The molecule has 0 bridgehead atoms. The highest BCUT2D eigenvalue weighted by Crippen LogP contribution is 2.31. The zero-order valence-corrected chi connectivity index (χ0v) is 25.2. The lowest BCUT2D eigenvalue weighted by molar-refractivity contribution is -0.0608. The summed E-state index contributed by atoms with van der Waals surface area (Å²) < 4.78 is 26.9. The van der Waals surface area contributed by atoms with Crippen LogP contribution in [0.4, 0.5) is 10.2 Å². The van der Waals surface area contributed by atoms with Gasteiger partial charge in [0.25, 0.3) is 0 Å². The van der Waals surface area contributed by atoms with Crippen LogP contribution in [-0.2, 0) is 22.7 Å². The molecule has 3 aromatic rings. The lowest BCUT2D eigenvalue weighted by Crippen LogP contribution is -2.41. The summed E-state index contributed by atoms with van der Waals surface area (Å²) in [7, 11) is 2.06. The van der Waals surface area contributed by atoms with Crippen LogP contribution in [0.2, 0.25) is 0 Å². The van der Waals surface area contributed by atoms with E-state index >= 15 is 0 Å². The van der Waals surface area contributed by atoms with E-state index in [4.69, 9.17) is 9.47 Å². The van der Waals surface area contributed by atoms with Crippen LogP contribution in [0.25, 0.3) is 0 Å². The lowest BCUT2D eigenvalue weighted by Gasteiger charge is -2.34. The molecule has 5 nitrogen and oxygen atoms in total. The van der Waals surface area contributed by atoms with E-state index in [1.54, 1.807) is 0 Å². The molecule has 6 heteroatoms. The monoisotopic (exact) mass is 557 g/mol. The summed E-state index contributed by atoms with van der Waals surface area (Å²) >= 11 is 0. The smallest absolute Gasteiger partial charge is 0.189 e. The van der Waals surface area contributed by atoms with Gasteiger partial charge in [-0.25, -0.2) is 0 Å². The van der Waals surface area contributed by atoms with Crippen molar-refractivity contribution in [1.29, 1.82) is 0 Å². The molecule has 41 heavy (non-hydrogen) atoms. The molecule has 0 saturated carbocycles. The van der Waals surface area contributed by atoms with E-state index in [0.717, 1.165) is 39.6 Å². The van der Waals surface area contributed by atoms with Crippen LogP contribution < -0.4 is 10.2 Å². The first-order chi connectivity index (χ1) is 19.6. The Balaban J connectivity index is 1.49. The van der Waals surface area contributed by atoms with Crippen molar-refractivity contribution in [3.05, 3.63) is 125 Å². The van der Waals surface area contributed by atoms with E-state index in [1.165, 1.54) is 5.56 Å². The minimum atomic E-state index is -0.482. The Kier molecular flexibility index (Phi) is 10.2. The summed E-state index contributed by atoms with van der Waals surface area (Å²) in [5, 5.41) is 4.38. The Hall–Kier alpha value is -3.61. The number of hydrogen-bond acceptors (Lipinski definition) is 5. The zero-order valence-electron chi connectivity index (χ0n) is 25.2. The SMILES string of the molecule is Cc1cc(C(C)CCN(F)C(C)(C)C)ccc1N(C)C1=CC=C(OCc2ccccc2)NC1OCc1ccccc1. The molecule has 1 aliphatic heterocycles. The minimum Gasteiger partial charge on any atom is -0.474 e. The van der Waals surface area contributed by atoms with Gasteiger partial charge >= 0.3 is 0 Å². The van der Waals surface area contributed by atoms with Gasteiger partial charge in [0.2, 0.25) is 0 Å². The summed E-state index contributed by atoms with van der Waals surface area (Å²) in [6.45, 7) is 11.3. The Morgan fingerprint density at radius 2 is 1.54 bits per heavy atom. The van der Waals surface area contributed by atoms with Crippen molar-refractivity contribution in [3.63, 3.8) is 0 Å². The van der Waals surface area contributed by atoms with Crippen molar-refractivity contribution in [2.75, 3.05) is 18.5 Å². The third-order valence-corrected chi connectivity index (χ3v) is 7.47. The Morgan fingerprint density at radius 3 is 2.15 bits per heavy atom. The van der Waals surface area contributed by atoms with Crippen LogP contribution in [-0.4, -0.2) is 30.5 Å². The lowest BCUT2D eigenvalue weighted by atomic mass is 9.94. The summed E-state index contributed by atoms with van der Waals surface area (Å²) in [6, 6.07) is 26.8. The van der Waals surface area contributed by atoms with Gasteiger partial charge in [-0.1, -0.05) is 79.7 Å². The molecule has 1 aliphatic rings. The van der Waals surface area contributed by atoms with Gasteiger partial charge in [0.15, 0.2) is 12.1 Å². The molecule has 0 amide bonds. The van der Waals surface area contributed by atoms with Gasteiger partial charge in [-0.15, -0.1) is 9.60 Å². The highest BCUT2D eigenvalue weighted by atomic mass is 19.2. The highest BCUT2D eigenvalue weighted by molar-refractivity contribution is 5.59. The fraction of sp³-hybridized carbons (Fsp3) is 0.371. The second-order valence-electron chi connectivity index (χ2n) is 11.8. The third kappa shape index (κ3) is 8.44. The van der Waals surface area contributed by atoms with Crippen molar-refractivity contribution in [2.24, 2.45) is 0 Å². The number of dihydropyridines is 1. The first-order valence-electron chi connectivity index (χ1n) is 14.4. The zero-order chi connectivity index (χ0) is 29.4. The number of likely N-dealkylation sites (N-methyl/N-ethyl adjacent to an activating group) is 1. The average molecular weight is 558 g/mol. The normalized spacial score (nSPS) is 16.0. The van der Waals surface area contributed by atoms with Crippen LogP contribution in [0.1, 0.15) is 62.3 Å². The van der Waals surface area contributed by atoms with Gasteiger partial charge in [0.05, 0.1) is 12.3 Å². The Bertz CT molecular complexity index is 1320. The number of benzene rings is 3. The number of allylic oxidation sites excluding steroid dienone is 2. The van der Waals surface area contributed by atoms with E-state index in [1.807, 2.05) is 75.4 Å². The molecule has 218 valence electrons. The molecule has 0 saturated heterocycles. The Morgan fingerprint density at radius 1 is 0.902 bits per heavy atom. The molecule has 1 N–H and O–H groups in total. The van der Waals surface area contributed by atoms with Crippen molar-refractivity contribution in [3.8, 4) is 0 Å². The van der Waals surface area contributed by atoms with Gasteiger partial charge in [-0.05, 0) is 80.5 Å². The maximum absolute atomic E-state index is 14.4. The standard InChI is InChI=1S/C35H44FN3O2/c1-26(21-22-39(36)35(3,4)5)30-17-18-31(27(2)23-30)38(6)32-19-20-33(40-24-28-13-9-7-10-14-28)37-34(32)41-25-29-15-11-8-12-16-29/h7-20,23,26,34,37H,21-22,24-25H2,1-6H3. The minimum absolute atomic E-state index is 0.249. The van der Waals surface area contributed by atoms with E-state index in [9.17, 15) is 4.48 Å². The van der Waals surface area contributed by atoms with Gasteiger partial charge in [0.1, 0.15) is 6.61 Å². The predicted octanol–water partition coefficient (Wildman–Crippen LogP) is 8.00. The number of anilines is 1.